The van der Waals surface area contributed by atoms with Crippen molar-refractivity contribution < 1.29 is 14.3 Å². The lowest BCUT2D eigenvalue weighted by molar-refractivity contribution is -0.123. The lowest BCUT2D eigenvalue weighted by atomic mass is 10.1. The minimum absolute atomic E-state index is 0.340. The van der Waals surface area contributed by atoms with Crippen LogP contribution < -0.4 is 15.4 Å². The number of carbonyl (C=O) groups excluding carboxylic acids is 2. The van der Waals surface area contributed by atoms with Crippen molar-refractivity contribution in [2.24, 2.45) is 0 Å². The van der Waals surface area contributed by atoms with Crippen LogP contribution in [0.1, 0.15) is 17.5 Å². The smallest absolute Gasteiger partial charge is 0.233 e. The van der Waals surface area contributed by atoms with Crippen LogP contribution in [-0.2, 0) is 9.59 Å². The van der Waals surface area contributed by atoms with Crippen molar-refractivity contribution in [2.75, 3.05) is 17.7 Å². The SMILES string of the molecule is COc1ccc(NC(=O)CC(=O)Nc2c(C)cc(C)cc2Cl)cc1Cl. The van der Waals surface area contributed by atoms with Crippen molar-refractivity contribution in [3.63, 3.8) is 0 Å². The van der Waals surface area contributed by atoms with E-state index in [2.05, 4.69) is 10.6 Å². The van der Waals surface area contributed by atoms with E-state index in [1.807, 2.05) is 19.9 Å². The Morgan fingerprint density at radius 1 is 1.00 bits per heavy atom. The summed E-state index contributed by atoms with van der Waals surface area (Å²) in [6.45, 7) is 3.76. The van der Waals surface area contributed by atoms with E-state index in [1.54, 1.807) is 24.3 Å². The molecule has 2 rings (SSSR count). The molecule has 0 aliphatic carbocycles. The highest BCUT2D eigenvalue weighted by molar-refractivity contribution is 6.34. The summed E-state index contributed by atoms with van der Waals surface area (Å²) in [5.41, 5.74) is 2.82. The zero-order valence-electron chi connectivity index (χ0n) is 14.1. The van der Waals surface area contributed by atoms with Crippen LogP contribution in [0.4, 0.5) is 11.4 Å². The Labute approximate surface area is 156 Å². The van der Waals surface area contributed by atoms with Crippen LogP contribution in [-0.4, -0.2) is 18.9 Å². The summed E-state index contributed by atoms with van der Waals surface area (Å²) in [6, 6.07) is 8.48. The number of nitrogens with one attached hydrogen (secondary N) is 2. The monoisotopic (exact) mass is 380 g/mol. The average Bonchev–Trinajstić information content (AvgIpc) is 2.51. The number of benzene rings is 2. The first-order valence-electron chi connectivity index (χ1n) is 7.50. The van der Waals surface area contributed by atoms with Crippen molar-refractivity contribution >= 4 is 46.4 Å². The molecule has 2 aromatic carbocycles. The highest BCUT2D eigenvalue weighted by Gasteiger charge is 2.14. The molecule has 5 nitrogen and oxygen atoms in total. The molecular weight excluding hydrogens is 363 g/mol. The van der Waals surface area contributed by atoms with Gasteiger partial charge in [-0.15, -0.1) is 0 Å². The maximum Gasteiger partial charge on any atom is 0.233 e. The fraction of sp³-hybridized carbons (Fsp3) is 0.222. The van der Waals surface area contributed by atoms with E-state index in [0.717, 1.165) is 11.1 Å². The number of rotatable bonds is 5. The Morgan fingerprint density at radius 2 is 1.68 bits per heavy atom. The zero-order chi connectivity index (χ0) is 18.6. The number of carbonyl (C=O) groups is 2. The third-order valence-corrected chi connectivity index (χ3v) is 4.05. The van der Waals surface area contributed by atoms with Crippen LogP contribution >= 0.6 is 23.2 Å². The molecule has 0 saturated heterocycles. The molecule has 0 heterocycles. The Morgan fingerprint density at radius 3 is 2.28 bits per heavy atom. The minimum atomic E-state index is -0.459. The number of aryl methyl sites for hydroxylation is 2. The molecule has 0 aliphatic rings. The lowest BCUT2D eigenvalue weighted by Crippen LogP contribution is -2.22. The van der Waals surface area contributed by atoms with Crippen molar-refractivity contribution in [1.82, 2.24) is 0 Å². The van der Waals surface area contributed by atoms with Crippen LogP contribution in [0.5, 0.6) is 5.75 Å². The zero-order valence-corrected chi connectivity index (χ0v) is 15.6. The summed E-state index contributed by atoms with van der Waals surface area (Å²) in [5.74, 6) is -0.410. The topological polar surface area (TPSA) is 67.4 Å². The van der Waals surface area contributed by atoms with Gasteiger partial charge in [0.1, 0.15) is 12.2 Å². The summed E-state index contributed by atoms with van der Waals surface area (Å²) in [7, 11) is 1.50. The van der Waals surface area contributed by atoms with Gasteiger partial charge >= 0.3 is 0 Å². The first kappa shape index (κ1) is 19.1. The molecule has 0 unspecified atom stereocenters. The average molecular weight is 381 g/mol. The number of amides is 2. The molecule has 132 valence electrons. The van der Waals surface area contributed by atoms with Gasteiger partial charge in [-0.05, 0) is 49.2 Å². The van der Waals surface area contributed by atoms with Gasteiger partial charge in [-0.1, -0.05) is 29.3 Å². The number of anilines is 2. The van der Waals surface area contributed by atoms with Crippen LogP contribution in [0, 0.1) is 13.8 Å². The maximum absolute atomic E-state index is 12.1. The molecule has 0 aromatic heterocycles. The fourth-order valence-corrected chi connectivity index (χ4v) is 2.98. The molecule has 7 heteroatoms. The second-order valence-corrected chi connectivity index (χ2v) is 6.38. The first-order chi connectivity index (χ1) is 11.8. The van der Waals surface area contributed by atoms with E-state index < -0.39 is 11.8 Å². The molecule has 0 atom stereocenters. The molecule has 2 aromatic rings. The number of methoxy groups -OCH3 is 1. The first-order valence-corrected chi connectivity index (χ1v) is 8.25. The van der Waals surface area contributed by atoms with E-state index in [9.17, 15) is 9.59 Å². The highest BCUT2D eigenvalue weighted by Crippen LogP contribution is 2.28. The Balaban J connectivity index is 1.99. The highest BCUT2D eigenvalue weighted by atomic mass is 35.5. The number of hydrogen-bond donors (Lipinski definition) is 2. The Kier molecular flexibility index (Phi) is 6.28. The van der Waals surface area contributed by atoms with Crippen molar-refractivity contribution in [3.8, 4) is 5.75 Å². The molecule has 25 heavy (non-hydrogen) atoms. The summed E-state index contributed by atoms with van der Waals surface area (Å²) in [5, 5.41) is 6.10. The molecule has 0 bridgehead atoms. The number of halogens is 2. The Hall–Kier alpha value is -2.24. The summed E-state index contributed by atoms with van der Waals surface area (Å²) in [6.07, 6.45) is -0.340. The van der Waals surface area contributed by atoms with E-state index in [4.69, 9.17) is 27.9 Å². The number of hydrogen-bond acceptors (Lipinski definition) is 3. The van der Waals surface area contributed by atoms with Crippen LogP contribution in [0.2, 0.25) is 10.0 Å². The van der Waals surface area contributed by atoms with Gasteiger partial charge in [0, 0.05) is 5.69 Å². The van der Waals surface area contributed by atoms with Gasteiger partial charge in [-0.2, -0.15) is 0 Å². The summed E-state index contributed by atoms with van der Waals surface area (Å²) < 4.78 is 5.05. The summed E-state index contributed by atoms with van der Waals surface area (Å²) in [4.78, 5) is 24.1. The van der Waals surface area contributed by atoms with E-state index >= 15 is 0 Å². The van der Waals surface area contributed by atoms with Crippen molar-refractivity contribution in [1.29, 1.82) is 0 Å². The standard InChI is InChI=1S/C18H18Cl2N2O3/c1-10-6-11(2)18(14(20)7-10)22-17(24)9-16(23)21-12-4-5-15(25-3)13(19)8-12/h4-8H,9H2,1-3H3,(H,21,23)(H,22,24). The molecule has 2 amide bonds. The minimum Gasteiger partial charge on any atom is -0.495 e. The van der Waals surface area contributed by atoms with E-state index in [1.165, 1.54) is 7.11 Å². The molecular formula is C18H18Cl2N2O3. The van der Waals surface area contributed by atoms with Gasteiger partial charge in [-0.25, -0.2) is 0 Å². The van der Waals surface area contributed by atoms with Crippen LogP contribution in [0.15, 0.2) is 30.3 Å². The fourth-order valence-electron chi connectivity index (χ4n) is 2.35. The van der Waals surface area contributed by atoms with Crippen molar-refractivity contribution in [2.45, 2.75) is 20.3 Å². The molecule has 0 spiro atoms. The predicted molar refractivity (Wildman–Crippen MR) is 101 cm³/mol. The number of ether oxygens (including phenoxy) is 1. The molecule has 2 N–H and O–H groups in total. The van der Waals surface area contributed by atoms with Crippen molar-refractivity contribution in [3.05, 3.63) is 51.5 Å². The second kappa shape index (κ2) is 8.23. The normalized spacial score (nSPS) is 10.3. The maximum atomic E-state index is 12.1. The molecule has 0 aliphatic heterocycles. The molecule has 0 saturated carbocycles. The predicted octanol–water partition coefficient (Wildman–Crippen LogP) is 4.59. The van der Waals surface area contributed by atoms with Crippen LogP contribution in [0.3, 0.4) is 0 Å². The quantitative estimate of drug-likeness (QED) is 0.745. The second-order valence-electron chi connectivity index (χ2n) is 5.56. The van der Waals surface area contributed by atoms with Gasteiger partial charge in [0.15, 0.2) is 0 Å². The molecule has 0 fully saturated rings. The largest absolute Gasteiger partial charge is 0.495 e. The lowest BCUT2D eigenvalue weighted by Gasteiger charge is -2.12. The Bertz CT molecular complexity index is 799. The van der Waals surface area contributed by atoms with Crippen LogP contribution in [0.25, 0.3) is 0 Å². The third-order valence-electron chi connectivity index (χ3n) is 3.45. The van der Waals surface area contributed by atoms with Gasteiger partial charge in [0.05, 0.1) is 22.8 Å². The summed E-state index contributed by atoms with van der Waals surface area (Å²) >= 11 is 12.2. The van der Waals surface area contributed by atoms with E-state index in [0.29, 0.717) is 27.2 Å². The van der Waals surface area contributed by atoms with Gasteiger partial charge in [0.2, 0.25) is 11.8 Å². The van der Waals surface area contributed by atoms with Gasteiger partial charge in [-0.3, -0.25) is 9.59 Å². The third kappa shape index (κ3) is 5.11. The van der Waals surface area contributed by atoms with Gasteiger partial charge in [0.25, 0.3) is 0 Å². The van der Waals surface area contributed by atoms with E-state index in [-0.39, 0.29) is 6.42 Å². The van der Waals surface area contributed by atoms with Gasteiger partial charge < -0.3 is 15.4 Å². The molecule has 0 radical (unpaired) electrons.